The summed E-state index contributed by atoms with van der Waals surface area (Å²) in [5.41, 5.74) is 0.724. The largest absolute Gasteiger partial charge is 0.550 e. The Morgan fingerprint density at radius 3 is 2.48 bits per heavy atom. The zero-order chi connectivity index (χ0) is 16.4. The van der Waals surface area contributed by atoms with Crippen LogP contribution in [-0.4, -0.2) is 22.8 Å². The van der Waals surface area contributed by atoms with E-state index in [0.717, 1.165) is 31.2 Å². The van der Waals surface area contributed by atoms with E-state index in [4.69, 9.17) is 11.6 Å². The number of carbonyl (C=O) groups is 2. The highest BCUT2D eigenvalue weighted by Gasteiger charge is 2.41. The number of hydrogen-bond acceptors (Lipinski definition) is 3. The summed E-state index contributed by atoms with van der Waals surface area (Å²) in [6, 6.07) is 6.83. The molecule has 0 spiro atoms. The van der Waals surface area contributed by atoms with Crippen molar-refractivity contribution >= 4 is 23.5 Å². The molecule has 1 saturated carbocycles. The molecule has 0 N–H and O–H groups in total. The Morgan fingerprint density at radius 1 is 1.13 bits per heavy atom. The molecule has 0 radical (unpaired) electrons. The van der Waals surface area contributed by atoms with Crippen LogP contribution in [0.4, 0.5) is 0 Å². The van der Waals surface area contributed by atoms with Crippen molar-refractivity contribution in [1.29, 1.82) is 0 Å². The molecule has 1 heterocycles. The Kier molecular flexibility index (Phi) is 4.90. The van der Waals surface area contributed by atoms with Gasteiger partial charge in [-0.2, -0.15) is 0 Å². The third-order valence-electron chi connectivity index (χ3n) is 5.13. The van der Waals surface area contributed by atoms with Gasteiger partial charge in [0.25, 0.3) is 0 Å². The van der Waals surface area contributed by atoms with Gasteiger partial charge in [0.15, 0.2) is 0 Å². The van der Waals surface area contributed by atoms with Crippen LogP contribution in [0.1, 0.15) is 56.6 Å². The molecule has 1 aliphatic carbocycles. The zero-order valence-corrected chi connectivity index (χ0v) is 13.8. The maximum absolute atomic E-state index is 12.6. The van der Waals surface area contributed by atoms with Crippen LogP contribution in [0.15, 0.2) is 24.3 Å². The number of carboxylic acid groups (broad SMARTS) is 1. The van der Waals surface area contributed by atoms with Gasteiger partial charge in [0.2, 0.25) is 5.91 Å². The molecule has 0 unspecified atom stereocenters. The lowest BCUT2D eigenvalue weighted by Gasteiger charge is -2.47. The predicted octanol–water partition coefficient (Wildman–Crippen LogP) is 2.70. The van der Waals surface area contributed by atoms with Crippen molar-refractivity contribution in [1.82, 2.24) is 4.90 Å². The molecule has 0 aromatic heterocycles. The smallest absolute Gasteiger partial charge is 0.223 e. The summed E-state index contributed by atoms with van der Waals surface area (Å²) in [4.78, 5) is 26.1. The van der Waals surface area contributed by atoms with Crippen molar-refractivity contribution in [3.8, 4) is 0 Å². The van der Waals surface area contributed by atoms with Gasteiger partial charge in [-0.05, 0) is 30.9 Å². The highest BCUT2D eigenvalue weighted by Crippen LogP contribution is 2.42. The maximum Gasteiger partial charge on any atom is 0.223 e. The first-order valence-corrected chi connectivity index (χ1v) is 8.74. The molecule has 1 amide bonds. The fourth-order valence-electron chi connectivity index (χ4n) is 4.03. The normalized spacial score (nSPS) is 26.3. The van der Waals surface area contributed by atoms with E-state index in [9.17, 15) is 14.7 Å². The number of carboxylic acids is 1. The molecule has 1 aromatic rings. The van der Waals surface area contributed by atoms with Gasteiger partial charge < -0.3 is 14.8 Å². The van der Waals surface area contributed by atoms with Crippen LogP contribution < -0.4 is 5.11 Å². The van der Waals surface area contributed by atoms with E-state index in [-0.39, 0.29) is 18.4 Å². The van der Waals surface area contributed by atoms with Gasteiger partial charge in [-0.3, -0.25) is 4.79 Å². The molecule has 23 heavy (non-hydrogen) atoms. The fraction of sp³-hybridized carbons (Fsp3) is 0.556. The van der Waals surface area contributed by atoms with E-state index in [2.05, 4.69) is 0 Å². The molecule has 0 bridgehead atoms. The monoisotopic (exact) mass is 334 g/mol. The number of hydrogen-bond donors (Lipinski definition) is 0. The number of carbonyl (C=O) groups excluding carboxylic acids is 2. The number of halogens is 1. The Bertz CT molecular complexity index is 598. The summed E-state index contributed by atoms with van der Waals surface area (Å²) in [5.74, 6) is -1.75. The van der Waals surface area contributed by atoms with Crippen molar-refractivity contribution in [2.45, 2.75) is 57.0 Å². The summed E-state index contributed by atoms with van der Waals surface area (Å²) in [6.07, 6.45) is 5.81. The topological polar surface area (TPSA) is 60.4 Å². The first kappa shape index (κ1) is 16.3. The molecule has 124 valence electrons. The average Bonchev–Trinajstić information content (AvgIpc) is 2.55. The molecular formula is C18H21ClNO3-. The fourth-order valence-corrected chi connectivity index (χ4v) is 4.28. The van der Waals surface area contributed by atoms with Crippen LogP contribution in [0, 0.1) is 5.92 Å². The first-order chi connectivity index (χ1) is 11.1. The maximum atomic E-state index is 12.6. The summed E-state index contributed by atoms with van der Waals surface area (Å²) < 4.78 is 0. The lowest BCUT2D eigenvalue weighted by molar-refractivity contribution is -0.314. The Balaban J connectivity index is 2.02. The van der Waals surface area contributed by atoms with E-state index < -0.39 is 17.9 Å². The number of rotatable bonds is 3. The van der Waals surface area contributed by atoms with Gasteiger partial charge >= 0.3 is 0 Å². The van der Waals surface area contributed by atoms with Gasteiger partial charge in [-0.1, -0.05) is 49.1 Å². The minimum absolute atomic E-state index is 0.0410. The zero-order valence-electron chi connectivity index (χ0n) is 13.0. The molecule has 2 atom stereocenters. The van der Waals surface area contributed by atoms with E-state index in [1.165, 1.54) is 6.42 Å². The van der Waals surface area contributed by atoms with E-state index >= 15 is 0 Å². The van der Waals surface area contributed by atoms with Gasteiger partial charge in [-0.25, -0.2) is 0 Å². The summed E-state index contributed by atoms with van der Waals surface area (Å²) >= 11 is 6.33. The standard InChI is InChI=1S/C18H22ClNO3/c19-15-9-5-4-8-13(15)17-14(18(22)23)10-11-16(21)20(17)12-6-2-1-3-7-12/h4-5,8-9,12,14,17H,1-3,6-7,10-11H2,(H,22,23)/p-1/t14-,17-/m0/s1. The van der Waals surface area contributed by atoms with E-state index in [0.29, 0.717) is 11.4 Å². The number of aliphatic carboxylic acids is 1. The third-order valence-corrected chi connectivity index (χ3v) is 5.48. The van der Waals surface area contributed by atoms with Crippen LogP contribution in [0.3, 0.4) is 0 Å². The molecule has 2 aliphatic rings. The molecule has 3 rings (SSSR count). The molecule has 2 fully saturated rings. The van der Waals surface area contributed by atoms with Crippen LogP contribution in [0.2, 0.25) is 5.02 Å². The molecule has 1 aliphatic heterocycles. The van der Waals surface area contributed by atoms with Crippen molar-refractivity contribution in [3.05, 3.63) is 34.9 Å². The summed E-state index contributed by atoms with van der Waals surface area (Å²) in [7, 11) is 0. The van der Waals surface area contributed by atoms with Gasteiger partial charge in [0.1, 0.15) is 0 Å². The second kappa shape index (κ2) is 6.91. The summed E-state index contributed by atoms with van der Waals surface area (Å²) in [6.45, 7) is 0. The highest BCUT2D eigenvalue weighted by molar-refractivity contribution is 6.31. The Morgan fingerprint density at radius 2 is 1.83 bits per heavy atom. The third kappa shape index (κ3) is 3.23. The quantitative estimate of drug-likeness (QED) is 0.853. The minimum atomic E-state index is -1.09. The van der Waals surface area contributed by atoms with E-state index in [1.807, 2.05) is 23.1 Å². The second-order valence-electron chi connectivity index (χ2n) is 6.52. The SMILES string of the molecule is O=C([O-])[C@H]1CCC(=O)N(C2CCCCC2)[C@H]1c1ccccc1Cl. The summed E-state index contributed by atoms with van der Waals surface area (Å²) in [5, 5.41) is 12.2. The molecular weight excluding hydrogens is 314 g/mol. The van der Waals surface area contributed by atoms with Crippen molar-refractivity contribution in [2.24, 2.45) is 5.92 Å². The van der Waals surface area contributed by atoms with Gasteiger partial charge in [0.05, 0.1) is 6.04 Å². The minimum Gasteiger partial charge on any atom is -0.550 e. The van der Waals surface area contributed by atoms with E-state index in [1.54, 1.807) is 6.07 Å². The molecule has 4 nitrogen and oxygen atoms in total. The number of likely N-dealkylation sites (tertiary alicyclic amines) is 1. The number of benzene rings is 1. The molecule has 5 heteroatoms. The van der Waals surface area contributed by atoms with Gasteiger partial charge in [0, 0.05) is 29.4 Å². The highest BCUT2D eigenvalue weighted by atomic mass is 35.5. The number of nitrogens with zero attached hydrogens (tertiary/aromatic N) is 1. The Hall–Kier alpha value is -1.55. The van der Waals surface area contributed by atoms with Gasteiger partial charge in [-0.15, -0.1) is 0 Å². The van der Waals surface area contributed by atoms with Crippen molar-refractivity contribution < 1.29 is 14.7 Å². The van der Waals surface area contributed by atoms with Crippen LogP contribution >= 0.6 is 11.6 Å². The molecule has 1 aromatic carbocycles. The molecule has 1 saturated heterocycles. The lowest BCUT2D eigenvalue weighted by atomic mass is 9.81. The average molecular weight is 335 g/mol. The van der Waals surface area contributed by atoms with Crippen LogP contribution in [0.25, 0.3) is 0 Å². The van der Waals surface area contributed by atoms with Crippen molar-refractivity contribution in [2.75, 3.05) is 0 Å². The Labute approximate surface area is 141 Å². The van der Waals surface area contributed by atoms with Crippen LogP contribution in [0.5, 0.6) is 0 Å². The number of piperidine rings is 1. The second-order valence-corrected chi connectivity index (χ2v) is 6.93. The van der Waals surface area contributed by atoms with Crippen molar-refractivity contribution in [3.63, 3.8) is 0 Å². The number of amides is 1. The lowest BCUT2D eigenvalue weighted by Crippen LogP contribution is -2.53. The first-order valence-electron chi connectivity index (χ1n) is 8.36. The van der Waals surface area contributed by atoms with Crippen LogP contribution in [-0.2, 0) is 9.59 Å². The predicted molar refractivity (Wildman–Crippen MR) is 85.6 cm³/mol.